The molecule has 1 aromatic heterocycles. The Morgan fingerprint density at radius 2 is 2.00 bits per heavy atom. The molecule has 0 fully saturated rings. The van der Waals surface area contributed by atoms with E-state index in [1.807, 2.05) is 18.2 Å². The Morgan fingerprint density at radius 1 is 1.30 bits per heavy atom. The largest absolute Gasteiger partial charge is 0.306 e. The predicted octanol–water partition coefficient (Wildman–Crippen LogP) is 4.02. The maximum Gasteiger partial charge on any atom is 0.0644 e. The Morgan fingerprint density at radius 3 is 2.60 bits per heavy atom. The lowest BCUT2D eigenvalue weighted by atomic mass is 10.1. The summed E-state index contributed by atoms with van der Waals surface area (Å²) in [5, 5.41) is 8.92. The van der Waals surface area contributed by atoms with Gasteiger partial charge in [-0.25, -0.2) is 0 Å². The molecule has 4 heteroatoms. The van der Waals surface area contributed by atoms with Gasteiger partial charge in [-0.2, -0.15) is 5.10 Å². The van der Waals surface area contributed by atoms with E-state index in [2.05, 4.69) is 48.9 Å². The lowest BCUT2D eigenvalue weighted by Crippen LogP contribution is -2.19. The van der Waals surface area contributed by atoms with E-state index in [-0.39, 0.29) is 6.04 Å². The molecule has 0 saturated heterocycles. The maximum atomic E-state index is 6.19. The standard InChI is InChI=1S/C16H22ClN3/c1-5-20-13(4)16(12(3)19-20)11(2)18-10-14-8-6-7-9-15(14)17/h6-9,11,18H,5,10H2,1-4H3. The third kappa shape index (κ3) is 3.05. The highest BCUT2D eigenvalue weighted by atomic mass is 35.5. The number of aromatic nitrogens is 2. The molecule has 2 rings (SSSR count). The minimum Gasteiger partial charge on any atom is -0.306 e. The number of benzene rings is 1. The monoisotopic (exact) mass is 291 g/mol. The van der Waals surface area contributed by atoms with Crippen molar-refractivity contribution in [1.29, 1.82) is 0 Å². The van der Waals surface area contributed by atoms with Crippen LogP contribution in [0.3, 0.4) is 0 Å². The Bertz CT molecular complexity index is 589. The van der Waals surface area contributed by atoms with Gasteiger partial charge in [0.05, 0.1) is 5.69 Å². The first kappa shape index (κ1) is 15.1. The lowest BCUT2D eigenvalue weighted by Gasteiger charge is -2.15. The molecule has 0 spiro atoms. The van der Waals surface area contributed by atoms with E-state index in [0.717, 1.165) is 29.4 Å². The van der Waals surface area contributed by atoms with E-state index < -0.39 is 0 Å². The summed E-state index contributed by atoms with van der Waals surface area (Å²) in [5.41, 5.74) is 4.76. The molecule has 1 aromatic carbocycles. The number of hydrogen-bond acceptors (Lipinski definition) is 2. The molecule has 20 heavy (non-hydrogen) atoms. The van der Waals surface area contributed by atoms with E-state index in [1.165, 1.54) is 11.3 Å². The molecule has 0 aliphatic carbocycles. The average Bonchev–Trinajstić information content (AvgIpc) is 2.72. The van der Waals surface area contributed by atoms with Crippen LogP contribution in [-0.4, -0.2) is 9.78 Å². The SMILES string of the molecule is CCn1nc(C)c(C(C)NCc2ccccc2Cl)c1C. The molecular weight excluding hydrogens is 270 g/mol. The zero-order valence-corrected chi connectivity index (χ0v) is 13.3. The average molecular weight is 292 g/mol. The van der Waals surface area contributed by atoms with E-state index in [1.54, 1.807) is 0 Å². The van der Waals surface area contributed by atoms with Gasteiger partial charge in [0.15, 0.2) is 0 Å². The smallest absolute Gasteiger partial charge is 0.0644 e. The second kappa shape index (κ2) is 6.42. The Hall–Kier alpha value is -1.32. The molecular formula is C16H22ClN3. The molecule has 0 bridgehead atoms. The quantitative estimate of drug-likeness (QED) is 0.901. The zero-order chi connectivity index (χ0) is 14.7. The topological polar surface area (TPSA) is 29.9 Å². The van der Waals surface area contributed by atoms with Gasteiger partial charge < -0.3 is 5.32 Å². The third-order valence-electron chi connectivity index (χ3n) is 3.73. The summed E-state index contributed by atoms with van der Waals surface area (Å²) >= 11 is 6.19. The summed E-state index contributed by atoms with van der Waals surface area (Å²) in [5.74, 6) is 0. The molecule has 1 unspecified atom stereocenters. The molecule has 0 saturated carbocycles. The molecule has 3 nitrogen and oxygen atoms in total. The molecule has 0 aliphatic heterocycles. The second-order valence-electron chi connectivity index (χ2n) is 5.09. The fourth-order valence-corrected chi connectivity index (χ4v) is 2.85. The number of aryl methyl sites for hydroxylation is 2. The minimum absolute atomic E-state index is 0.256. The number of halogens is 1. The fraction of sp³-hybridized carbons (Fsp3) is 0.438. The van der Waals surface area contributed by atoms with Crippen molar-refractivity contribution in [2.24, 2.45) is 0 Å². The molecule has 0 radical (unpaired) electrons. The van der Waals surface area contributed by atoms with Crippen LogP contribution in [0.4, 0.5) is 0 Å². The van der Waals surface area contributed by atoms with Gasteiger partial charge >= 0.3 is 0 Å². The summed E-state index contributed by atoms with van der Waals surface area (Å²) in [6.07, 6.45) is 0. The summed E-state index contributed by atoms with van der Waals surface area (Å²) in [4.78, 5) is 0. The van der Waals surface area contributed by atoms with Crippen molar-refractivity contribution in [3.63, 3.8) is 0 Å². The first-order valence-corrected chi connectivity index (χ1v) is 7.43. The minimum atomic E-state index is 0.256. The van der Waals surface area contributed by atoms with Crippen molar-refractivity contribution in [3.8, 4) is 0 Å². The Balaban J connectivity index is 2.11. The summed E-state index contributed by atoms with van der Waals surface area (Å²) in [7, 11) is 0. The van der Waals surface area contributed by atoms with Gasteiger partial charge in [0.1, 0.15) is 0 Å². The third-order valence-corrected chi connectivity index (χ3v) is 4.10. The Labute approximate surface area is 126 Å². The molecule has 1 heterocycles. The second-order valence-corrected chi connectivity index (χ2v) is 5.50. The van der Waals surface area contributed by atoms with Crippen LogP contribution >= 0.6 is 11.6 Å². The molecule has 2 aromatic rings. The van der Waals surface area contributed by atoms with Crippen molar-refractivity contribution < 1.29 is 0 Å². The van der Waals surface area contributed by atoms with Crippen LogP contribution in [0.5, 0.6) is 0 Å². The maximum absolute atomic E-state index is 6.19. The molecule has 1 N–H and O–H groups in total. The molecule has 0 aliphatic rings. The van der Waals surface area contributed by atoms with E-state index in [9.17, 15) is 0 Å². The van der Waals surface area contributed by atoms with Crippen molar-refractivity contribution in [1.82, 2.24) is 15.1 Å². The molecule has 108 valence electrons. The van der Waals surface area contributed by atoms with Gasteiger partial charge in [0.2, 0.25) is 0 Å². The highest BCUT2D eigenvalue weighted by Gasteiger charge is 2.16. The van der Waals surface area contributed by atoms with Gasteiger partial charge in [-0.05, 0) is 39.3 Å². The van der Waals surface area contributed by atoms with Crippen LogP contribution in [-0.2, 0) is 13.1 Å². The van der Waals surface area contributed by atoms with Gasteiger partial charge in [0, 0.05) is 35.4 Å². The first-order chi connectivity index (χ1) is 9.54. The highest BCUT2D eigenvalue weighted by molar-refractivity contribution is 6.31. The van der Waals surface area contributed by atoms with Gasteiger partial charge in [-0.3, -0.25) is 4.68 Å². The van der Waals surface area contributed by atoms with Crippen LogP contribution in [0.1, 0.15) is 42.4 Å². The zero-order valence-electron chi connectivity index (χ0n) is 12.6. The van der Waals surface area contributed by atoms with E-state index in [4.69, 9.17) is 11.6 Å². The normalized spacial score (nSPS) is 12.7. The van der Waals surface area contributed by atoms with Crippen LogP contribution in [0.2, 0.25) is 5.02 Å². The summed E-state index contributed by atoms with van der Waals surface area (Å²) < 4.78 is 2.05. The van der Waals surface area contributed by atoms with Crippen molar-refractivity contribution >= 4 is 11.6 Å². The van der Waals surface area contributed by atoms with Crippen LogP contribution < -0.4 is 5.32 Å². The van der Waals surface area contributed by atoms with Crippen molar-refractivity contribution in [2.75, 3.05) is 0 Å². The number of nitrogens with one attached hydrogen (secondary N) is 1. The number of rotatable bonds is 5. The van der Waals surface area contributed by atoms with Crippen LogP contribution in [0, 0.1) is 13.8 Å². The Kier molecular flexibility index (Phi) is 4.84. The van der Waals surface area contributed by atoms with E-state index in [0.29, 0.717) is 0 Å². The van der Waals surface area contributed by atoms with Crippen LogP contribution in [0.25, 0.3) is 0 Å². The first-order valence-electron chi connectivity index (χ1n) is 7.05. The number of nitrogens with zero attached hydrogens (tertiary/aromatic N) is 2. The summed E-state index contributed by atoms with van der Waals surface area (Å²) in [6, 6.07) is 8.20. The predicted molar refractivity (Wildman–Crippen MR) is 84.1 cm³/mol. The molecule has 1 atom stereocenters. The van der Waals surface area contributed by atoms with E-state index >= 15 is 0 Å². The van der Waals surface area contributed by atoms with Crippen molar-refractivity contribution in [2.45, 2.75) is 46.8 Å². The number of hydrogen-bond donors (Lipinski definition) is 1. The molecule has 0 amide bonds. The van der Waals surface area contributed by atoms with Crippen LogP contribution in [0.15, 0.2) is 24.3 Å². The highest BCUT2D eigenvalue weighted by Crippen LogP contribution is 2.22. The van der Waals surface area contributed by atoms with Crippen molar-refractivity contribution in [3.05, 3.63) is 51.8 Å². The van der Waals surface area contributed by atoms with Gasteiger partial charge in [-0.15, -0.1) is 0 Å². The van der Waals surface area contributed by atoms with Gasteiger partial charge in [0.25, 0.3) is 0 Å². The lowest BCUT2D eigenvalue weighted by molar-refractivity contribution is 0.566. The fourth-order valence-electron chi connectivity index (χ4n) is 2.65. The van der Waals surface area contributed by atoms with Gasteiger partial charge in [-0.1, -0.05) is 29.8 Å². The summed E-state index contributed by atoms with van der Waals surface area (Å²) in [6.45, 7) is 10.2.